The van der Waals surface area contributed by atoms with Crippen LogP contribution >= 0.6 is 0 Å². The Morgan fingerprint density at radius 3 is 2.32 bits per heavy atom. The van der Waals surface area contributed by atoms with Crippen LogP contribution in [0.15, 0.2) is 29.2 Å². The van der Waals surface area contributed by atoms with Gasteiger partial charge in [0.25, 0.3) is 0 Å². The molecule has 8 heteroatoms. The van der Waals surface area contributed by atoms with Gasteiger partial charge in [0.2, 0.25) is 10.0 Å². The van der Waals surface area contributed by atoms with Crippen molar-refractivity contribution in [2.75, 3.05) is 31.1 Å². The van der Waals surface area contributed by atoms with Gasteiger partial charge in [-0.1, -0.05) is 17.7 Å². The van der Waals surface area contributed by atoms with E-state index in [-0.39, 0.29) is 5.60 Å². The number of hydrogen-bond donors (Lipinski definition) is 0. The van der Waals surface area contributed by atoms with Crippen LogP contribution in [0.4, 0.5) is 5.82 Å². The molecule has 0 unspecified atom stereocenters. The summed E-state index contributed by atoms with van der Waals surface area (Å²) in [6.45, 7) is 10.1. The molecule has 7 nitrogen and oxygen atoms in total. The van der Waals surface area contributed by atoms with Crippen LogP contribution in [0.5, 0.6) is 0 Å². The highest BCUT2D eigenvalue weighted by molar-refractivity contribution is 7.89. The third-order valence-electron chi connectivity index (χ3n) is 6.12. The zero-order valence-corrected chi connectivity index (χ0v) is 19.3. The van der Waals surface area contributed by atoms with Crippen LogP contribution in [0.3, 0.4) is 0 Å². The molecule has 1 fully saturated rings. The fourth-order valence-corrected chi connectivity index (χ4v) is 5.69. The minimum Gasteiger partial charge on any atom is -0.370 e. The third-order valence-corrected chi connectivity index (χ3v) is 8.03. The van der Waals surface area contributed by atoms with Crippen molar-refractivity contribution in [1.29, 1.82) is 5.26 Å². The summed E-state index contributed by atoms with van der Waals surface area (Å²) in [6, 6.07) is 9.30. The highest BCUT2D eigenvalue weighted by Gasteiger charge is 2.34. The number of aryl methyl sites for hydroxylation is 2. The summed E-state index contributed by atoms with van der Waals surface area (Å²) >= 11 is 0. The lowest BCUT2D eigenvalue weighted by Crippen LogP contribution is -2.49. The van der Waals surface area contributed by atoms with E-state index < -0.39 is 10.0 Å². The molecule has 0 aliphatic carbocycles. The number of piperazine rings is 1. The molecule has 0 N–H and O–H groups in total. The predicted molar refractivity (Wildman–Crippen MR) is 118 cm³/mol. The van der Waals surface area contributed by atoms with Crippen LogP contribution in [0.1, 0.15) is 41.8 Å². The summed E-state index contributed by atoms with van der Waals surface area (Å²) in [7, 11) is -3.53. The average Bonchev–Trinajstić information content (AvgIpc) is 2.73. The number of nitriles is 1. The molecular weight excluding hydrogens is 412 g/mol. The van der Waals surface area contributed by atoms with E-state index in [0.29, 0.717) is 55.5 Å². The second-order valence-corrected chi connectivity index (χ2v) is 10.8. The lowest BCUT2D eigenvalue weighted by atomic mass is 9.88. The topological polar surface area (TPSA) is 86.5 Å². The maximum absolute atomic E-state index is 13.0. The van der Waals surface area contributed by atoms with E-state index in [1.54, 1.807) is 12.1 Å². The van der Waals surface area contributed by atoms with Crippen LogP contribution in [-0.4, -0.2) is 49.5 Å². The van der Waals surface area contributed by atoms with E-state index in [4.69, 9.17) is 9.72 Å². The van der Waals surface area contributed by atoms with Gasteiger partial charge in [-0.3, -0.25) is 0 Å². The van der Waals surface area contributed by atoms with Crippen molar-refractivity contribution in [2.24, 2.45) is 0 Å². The molecule has 0 atom stereocenters. The predicted octanol–water partition coefficient (Wildman–Crippen LogP) is 2.93. The van der Waals surface area contributed by atoms with Crippen molar-refractivity contribution >= 4 is 15.8 Å². The van der Waals surface area contributed by atoms with Crippen molar-refractivity contribution in [3.63, 3.8) is 0 Å². The Kier molecular flexibility index (Phi) is 5.54. The number of anilines is 1. The molecular formula is C23H28N4O3S. The van der Waals surface area contributed by atoms with Crippen LogP contribution in [0.2, 0.25) is 0 Å². The first kappa shape index (κ1) is 21.8. The van der Waals surface area contributed by atoms with E-state index in [1.807, 2.05) is 44.7 Å². The second-order valence-electron chi connectivity index (χ2n) is 8.89. The minimum absolute atomic E-state index is 0.314. The molecule has 2 aliphatic heterocycles. The maximum Gasteiger partial charge on any atom is 0.243 e. The number of sulfonamides is 1. The first-order valence-electron chi connectivity index (χ1n) is 10.5. The van der Waals surface area contributed by atoms with Gasteiger partial charge in [-0.15, -0.1) is 0 Å². The number of ether oxygens (including phenoxy) is 1. The number of fused-ring (bicyclic) bond motifs is 1. The molecule has 0 saturated carbocycles. The first-order chi connectivity index (χ1) is 14.6. The van der Waals surface area contributed by atoms with Gasteiger partial charge >= 0.3 is 0 Å². The molecule has 1 aromatic carbocycles. The zero-order chi connectivity index (χ0) is 22.4. The number of aromatic nitrogens is 1. The smallest absolute Gasteiger partial charge is 0.243 e. The van der Waals surface area contributed by atoms with Gasteiger partial charge in [-0.05, 0) is 45.4 Å². The molecule has 1 saturated heterocycles. The summed E-state index contributed by atoms with van der Waals surface area (Å²) in [5, 5.41) is 9.95. The molecule has 3 heterocycles. The Morgan fingerprint density at radius 1 is 1.06 bits per heavy atom. The normalized spacial score (nSPS) is 19.0. The van der Waals surface area contributed by atoms with Crippen molar-refractivity contribution < 1.29 is 13.2 Å². The van der Waals surface area contributed by atoms with Gasteiger partial charge in [-0.25, -0.2) is 13.4 Å². The fourth-order valence-electron chi connectivity index (χ4n) is 4.26. The van der Waals surface area contributed by atoms with Crippen molar-refractivity contribution in [3.8, 4) is 6.07 Å². The third kappa shape index (κ3) is 4.05. The number of pyridine rings is 1. The molecule has 2 aliphatic rings. The van der Waals surface area contributed by atoms with E-state index >= 15 is 0 Å². The SMILES string of the molecule is Cc1ccc(S(=O)(=O)N2CCN(c3nc(C)c4c(c3C#N)CC(C)(C)OC4)CC2)cc1. The standard InChI is InChI=1S/C23H28N4O3S/c1-16-5-7-18(8-6-16)31(28,29)27-11-9-26(10-12-27)22-20(14-24)19-13-23(3,4)30-15-21(19)17(2)25-22/h5-8H,9-13,15H2,1-4H3. The van der Waals surface area contributed by atoms with Gasteiger partial charge < -0.3 is 9.64 Å². The van der Waals surface area contributed by atoms with Gasteiger partial charge in [0, 0.05) is 43.9 Å². The number of benzene rings is 1. The number of hydrogen-bond acceptors (Lipinski definition) is 6. The Morgan fingerprint density at radius 2 is 1.71 bits per heavy atom. The summed E-state index contributed by atoms with van der Waals surface area (Å²) in [5.41, 5.74) is 4.16. The summed E-state index contributed by atoms with van der Waals surface area (Å²) in [6.07, 6.45) is 0.656. The number of rotatable bonds is 3. The molecule has 2 aromatic rings. The molecule has 0 spiro atoms. The molecule has 1 aromatic heterocycles. The van der Waals surface area contributed by atoms with Crippen LogP contribution in [-0.2, 0) is 27.8 Å². The molecule has 0 amide bonds. The van der Waals surface area contributed by atoms with Crippen molar-refractivity contribution in [2.45, 2.75) is 51.2 Å². The summed E-state index contributed by atoms with van der Waals surface area (Å²) in [4.78, 5) is 7.09. The molecule has 0 bridgehead atoms. The van der Waals surface area contributed by atoms with Gasteiger partial charge in [0.05, 0.1) is 22.7 Å². The molecule has 4 rings (SSSR count). The van der Waals surface area contributed by atoms with Crippen molar-refractivity contribution in [1.82, 2.24) is 9.29 Å². The molecule has 0 radical (unpaired) electrons. The summed E-state index contributed by atoms with van der Waals surface area (Å²) in [5.74, 6) is 0.656. The lowest BCUT2D eigenvalue weighted by Gasteiger charge is -2.37. The Balaban J connectivity index is 1.59. The average molecular weight is 441 g/mol. The monoisotopic (exact) mass is 440 g/mol. The van der Waals surface area contributed by atoms with E-state index in [2.05, 4.69) is 6.07 Å². The van der Waals surface area contributed by atoms with Gasteiger partial charge in [0.15, 0.2) is 0 Å². The van der Waals surface area contributed by atoms with E-state index in [0.717, 1.165) is 22.4 Å². The largest absolute Gasteiger partial charge is 0.370 e. The zero-order valence-electron chi connectivity index (χ0n) is 18.5. The van der Waals surface area contributed by atoms with Crippen LogP contribution < -0.4 is 4.90 Å². The van der Waals surface area contributed by atoms with Crippen molar-refractivity contribution in [3.05, 3.63) is 52.2 Å². The Hall–Kier alpha value is -2.47. The van der Waals surface area contributed by atoms with E-state index in [9.17, 15) is 13.7 Å². The van der Waals surface area contributed by atoms with Gasteiger partial charge in [0.1, 0.15) is 11.9 Å². The second kappa shape index (κ2) is 7.90. The maximum atomic E-state index is 13.0. The highest BCUT2D eigenvalue weighted by Crippen LogP contribution is 2.35. The van der Waals surface area contributed by atoms with Crippen LogP contribution in [0, 0.1) is 25.2 Å². The minimum atomic E-state index is -3.53. The fraction of sp³-hybridized carbons (Fsp3) is 0.478. The van der Waals surface area contributed by atoms with E-state index in [1.165, 1.54) is 4.31 Å². The Labute approximate surface area is 184 Å². The molecule has 31 heavy (non-hydrogen) atoms. The van der Waals surface area contributed by atoms with Crippen LogP contribution in [0.25, 0.3) is 0 Å². The summed E-state index contributed by atoms with van der Waals surface area (Å²) < 4.78 is 33.5. The number of nitrogens with zero attached hydrogens (tertiary/aromatic N) is 4. The highest BCUT2D eigenvalue weighted by atomic mass is 32.2. The quantitative estimate of drug-likeness (QED) is 0.729. The lowest BCUT2D eigenvalue weighted by molar-refractivity contribution is -0.0405. The molecule has 164 valence electrons. The first-order valence-corrected chi connectivity index (χ1v) is 11.9. The Bertz CT molecular complexity index is 1140. The van der Waals surface area contributed by atoms with Gasteiger partial charge in [-0.2, -0.15) is 9.57 Å².